The molecule has 0 heterocycles. The zero-order valence-corrected chi connectivity index (χ0v) is 15.0. The molecule has 0 spiro atoms. The molecule has 0 aliphatic rings. The van der Waals surface area contributed by atoms with Crippen LogP contribution in [0.25, 0.3) is 0 Å². The van der Waals surface area contributed by atoms with Gasteiger partial charge in [0.2, 0.25) is 10.0 Å². The van der Waals surface area contributed by atoms with Crippen LogP contribution in [-0.4, -0.2) is 40.6 Å². The number of ether oxygens (including phenoxy) is 1. The smallest absolute Gasteiger partial charge is 0.293 e. The lowest BCUT2D eigenvalue weighted by molar-refractivity contribution is -0.384. The molecule has 0 aliphatic heterocycles. The van der Waals surface area contributed by atoms with Gasteiger partial charge >= 0.3 is 0 Å². The molecule has 8 nitrogen and oxygen atoms in total. The Morgan fingerprint density at radius 1 is 1.23 bits per heavy atom. The predicted octanol–water partition coefficient (Wildman–Crippen LogP) is 2.16. The molecule has 0 saturated carbocycles. The highest BCUT2D eigenvalue weighted by molar-refractivity contribution is 7.89. The summed E-state index contributed by atoms with van der Waals surface area (Å²) in [5.41, 5.74) is -0.0710. The highest BCUT2D eigenvalue weighted by Gasteiger charge is 2.22. The van der Waals surface area contributed by atoms with Gasteiger partial charge in [0.25, 0.3) is 5.69 Å². The summed E-state index contributed by atoms with van der Waals surface area (Å²) >= 11 is 0. The van der Waals surface area contributed by atoms with Crippen molar-refractivity contribution in [3.05, 3.63) is 58.4 Å². The molecule has 0 aromatic heterocycles. The van der Waals surface area contributed by atoms with E-state index in [1.807, 2.05) is 0 Å². The largest absolute Gasteiger partial charge is 0.492 e. The average molecular weight is 383 g/mol. The minimum absolute atomic E-state index is 0.189. The average Bonchev–Trinajstić information content (AvgIpc) is 2.62. The SMILES string of the molecule is CNS(=O)(=O)c1ccc(N(C)CCOc2ccc(F)cc2)c([N+](=O)[O-])c1. The maximum Gasteiger partial charge on any atom is 0.293 e. The number of nitro benzene ring substituents is 1. The molecule has 0 bridgehead atoms. The number of anilines is 1. The Morgan fingerprint density at radius 2 is 1.88 bits per heavy atom. The van der Waals surface area contributed by atoms with Gasteiger partial charge in [-0.2, -0.15) is 0 Å². The van der Waals surface area contributed by atoms with E-state index in [4.69, 9.17) is 4.74 Å². The molecule has 0 radical (unpaired) electrons. The van der Waals surface area contributed by atoms with Crippen molar-refractivity contribution < 1.29 is 22.5 Å². The van der Waals surface area contributed by atoms with Crippen LogP contribution in [0.1, 0.15) is 0 Å². The fourth-order valence-electron chi connectivity index (χ4n) is 2.21. The Hall–Kier alpha value is -2.72. The van der Waals surface area contributed by atoms with Gasteiger partial charge in [-0.3, -0.25) is 10.1 Å². The van der Waals surface area contributed by atoms with Gasteiger partial charge < -0.3 is 9.64 Å². The van der Waals surface area contributed by atoms with Crippen LogP contribution in [0.3, 0.4) is 0 Å². The summed E-state index contributed by atoms with van der Waals surface area (Å²) in [6, 6.07) is 9.18. The van der Waals surface area contributed by atoms with Crippen molar-refractivity contribution in [1.82, 2.24) is 4.72 Å². The summed E-state index contributed by atoms with van der Waals surface area (Å²) < 4.78 is 44.1. The number of nitro groups is 1. The number of nitrogens with zero attached hydrogens (tertiary/aromatic N) is 2. The Morgan fingerprint density at radius 3 is 2.46 bits per heavy atom. The molecule has 0 aliphatic carbocycles. The number of hydrogen-bond acceptors (Lipinski definition) is 6. The van der Waals surface area contributed by atoms with Crippen LogP contribution in [0, 0.1) is 15.9 Å². The first-order chi connectivity index (χ1) is 12.2. The van der Waals surface area contributed by atoms with Crippen LogP contribution >= 0.6 is 0 Å². The maximum absolute atomic E-state index is 12.8. The zero-order chi connectivity index (χ0) is 19.3. The molecule has 2 aromatic rings. The van der Waals surface area contributed by atoms with Crippen molar-refractivity contribution in [1.29, 1.82) is 0 Å². The topological polar surface area (TPSA) is 102 Å². The van der Waals surface area contributed by atoms with E-state index in [2.05, 4.69) is 4.72 Å². The van der Waals surface area contributed by atoms with Gasteiger partial charge in [-0.05, 0) is 43.4 Å². The van der Waals surface area contributed by atoms with E-state index in [0.29, 0.717) is 12.3 Å². The van der Waals surface area contributed by atoms with Gasteiger partial charge in [-0.1, -0.05) is 0 Å². The molecule has 0 saturated heterocycles. The second-order valence-electron chi connectivity index (χ2n) is 5.34. The minimum Gasteiger partial charge on any atom is -0.492 e. The third-order valence-corrected chi connectivity index (χ3v) is 5.05. The van der Waals surface area contributed by atoms with Crippen LogP contribution in [0.5, 0.6) is 5.75 Å². The summed E-state index contributed by atoms with van der Waals surface area (Å²) in [6.07, 6.45) is 0. The molecule has 10 heteroatoms. The molecule has 0 unspecified atom stereocenters. The van der Waals surface area contributed by atoms with E-state index in [1.54, 1.807) is 11.9 Å². The van der Waals surface area contributed by atoms with Crippen molar-refractivity contribution in [2.24, 2.45) is 0 Å². The van der Waals surface area contributed by atoms with E-state index >= 15 is 0 Å². The van der Waals surface area contributed by atoms with Crippen LogP contribution in [0.4, 0.5) is 15.8 Å². The first-order valence-electron chi connectivity index (χ1n) is 7.56. The quantitative estimate of drug-likeness (QED) is 0.554. The molecule has 0 amide bonds. The monoisotopic (exact) mass is 383 g/mol. The van der Waals surface area contributed by atoms with Gasteiger partial charge in [-0.15, -0.1) is 0 Å². The number of sulfonamides is 1. The molecule has 0 fully saturated rings. The molecule has 140 valence electrons. The number of likely N-dealkylation sites (N-methyl/N-ethyl adjacent to an activating group) is 1. The normalized spacial score (nSPS) is 11.2. The second kappa shape index (κ2) is 8.11. The van der Waals surface area contributed by atoms with E-state index in [-0.39, 0.29) is 28.7 Å². The Labute approximate surface area is 150 Å². The van der Waals surface area contributed by atoms with Crippen LogP contribution in [0.2, 0.25) is 0 Å². The van der Waals surface area contributed by atoms with E-state index < -0.39 is 14.9 Å². The molecule has 2 aromatic carbocycles. The van der Waals surface area contributed by atoms with Gasteiger partial charge in [-0.25, -0.2) is 17.5 Å². The predicted molar refractivity (Wildman–Crippen MR) is 94.5 cm³/mol. The van der Waals surface area contributed by atoms with E-state index in [9.17, 15) is 22.9 Å². The van der Waals surface area contributed by atoms with Crippen LogP contribution in [-0.2, 0) is 10.0 Å². The summed E-state index contributed by atoms with van der Waals surface area (Å²) in [4.78, 5) is 12.1. The van der Waals surface area contributed by atoms with Gasteiger partial charge in [0.15, 0.2) is 0 Å². The van der Waals surface area contributed by atoms with Gasteiger partial charge in [0, 0.05) is 13.1 Å². The van der Waals surface area contributed by atoms with Crippen molar-refractivity contribution in [2.75, 3.05) is 32.1 Å². The standard InChI is InChI=1S/C16H18FN3O5S/c1-18-26(23,24)14-7-8-15(16(11-14)20(21)22)19(2)9-10-25-13-5-3-12(17)4-6-13/h3-8,11,18H,9-10H2,1-2H3. The minimum atomic E-state index is -3.78. The molecular weight excluding hydrogens is 365 g/mol. The number of nitrogens with one attached hydrogen (secondary N) is 1. The Kier molecular flexibility index (Phi) is 6.11. The molecule has 1 N–H and O–H groups in total. The van der Waals surface area contributed by atoms with Crippen LogP contribution < -0.4 is 14.4 Å². The fraction of sp³-hybridized carbons (Fsp3) is 0.250. The molecule has 26 heavy (non-hydrogen) atoms. The van der Waals surface area contributed by atoms with E-state index in [1.165, 1.54) is 43.4 Å². The van der Waals surface area contributed by atoms with Crippen LogP contribution in [0.15, 0.2) is 47.4 Å². The second-order valence-corrected chi connectivity index (χ2v) is 7.23. The Balaban J connectivity index is 2.13. The van der Waals surface area contributed by atoms with Crippen molar-refractivity contribution in [3.63, 3.8) is 0 Å². The molecule has 2 rings (SSSR count). The highest BCUT2D eigenvalue weighted by atomic mass is 32.2. The number of hydrogen-bond donors (Lipinski definition) is 1. The summed E-state index contributed by atoms with van der Waals surface area (Å²) in [5, 5.41) is 11.3. The van der Waals surface area contributed by atoms with Crippen molar-refractivity contribution >= 4 is 21.4 Å². The lowest BCUT2D eigenvalue weighted by Crippen LogP contribution is -2.25. The summed E-state index contributed by atoms with van der Waals surface area (Å²) in [5.74, 6) is 0.103. The van der Waals surface area contributed by atoms with Gasteiger partial charge in [0.1, 0.15) is 23.9 Å². The highest BCUT2D eigenvalue weighted by Crippen LogP contribution is 2.30. The number of halogens is 1. The third-order valence-electron chi connectivity index (χ3n) is 3.64. The lowest BCUT2D eigenvalue weighted by atomic mass is 10.2. The zero-order valence-electron chi connectivity index (χ0n) is 14.2. The summed E-state index contributed by atoms with van der Waals surface area (Å²) in [6.45, 7) is 0.506. The number of benzene rings is 2. The molecular formula is C16H18FN3O5S. The molecule has 0 atom stereocenters. The van der Waals surface area contributed by atoms with Gasteiger partial charge in [0.05, 0.1) is 16.4 Å². The van der Waals surface area contributed by atoms with Crippen molar-refractivity contribution in [3.8, 4) is 5.75 Å². The first-order valence-corrected chi connectivity index (χ1v) is 9.04. The first kappa shape index (κ1) is 19.6. The summed E-state index contributed by atoms with van der Waals surface area (Å²) in [7, 11) is -0.924. The fourth-order valence-corrected chi connectivity index (χ4v) is 2.96. The lowest BCUT2D eigenvalue weighted by Gasteiger charge is -2.19. The van der Waals surface area contributed by atoms with E-state index in [0.717, 1.165) is 6.07 Å². The maximum atomic E-state index is 12.8. The third kappa shape index (κ3) is 4.67. The number of rotatable bonds is 8. The van der Waals surface area contributed by atoms with Crippen molar-refractivity contribution in [2.45, 2.75) is 4.90 Å². The Bertz CT molecular complexity index is 887.